The number of rotatable bonds is 9. The molecular formula is C29H27N5O2. The fraction of sp³-hybridized carbons (Fsp3) is 0.138. The Labute approximate surface area is 210 Å². The van der Waals surface area contributed by atoms with Crippen molar-refractivity contribution in [3.05, 3.63) is 126 Å². The average Bonchev–Trinajstić information content (AvgIpc) is 3.59. The molecule has 1 amide bonds. The quantitative estimate of drug-likeness (QED) is 0.332. The minimum absolute atomic E-state index is 0.172. The van der Waals surface area contributed by atoms with E-state index in [1.807, 2.05) is 101 Å². The van der Waals surface area contributed by atoms with Crippen molar-refractivity contribution in [3.8, 4) is 17.0 Å². The number of ether oxygens (including phenoxy) is 1. The molecule has 0 saturated carbocycles. The fourth-order valence-electron chi connectivity index (χ4n) is 4.12. The van der Waals surface area contributed by atoms with Gasteiger partial charge in [-0.15, -0.1) is 0 Å². The van der Waals surface area contributed by atoms with Crippen LogP contribution in [0.4, 0.5) is 0 Å². The summed E-state index contributed by atoms with van der Waals surface area (Å²) in [6.45, 7) is 1.62. The van der Waals surface area contributed by atoms with Crippen LogP contribution in [0.25, 0.3) is 11.3 Å². The first kappa shape index (κ1) is 23.1. The highest BCUT2D eigenvalue weighted by atomic mass is 16.5. The number of carbonyl (C=O) groups excluding carboxylic acids is 1. The van der Waals surface area contributed by atoms with Crippen LogP contribution in [-0.2, 0) is 19.6 Å². The smallest absolute Gasteiger partial charge is 0.255 e. The second kappa shape index (κ2) is 10.7. The van der Waals surface area contributed by atoms with Crippen LogP contribution in [0.15, 0.2) is 104 Å². The van der Waals surface area contributed by atoms with E-state index in [-0.39, 0.29) is 5.91 Å². The number of amides is 1. The molecule has 2 aromatic heterocycles. The van der Waals surface area contributed by atoms with Gasteiger partial charge in [-0.25, -0.2) is 0 Å². The van der Waals surface area contributed by atoms with E-state index >= 15 is 0 Å². The summed E-state index contributed by atoms with van der Waals surface area (Å²) in [4.78, 5) is 13.4. The molecule has 1 N–H and O–H groups in total. The second-order valence-electron chi connectivity index (χ2n) is 8.46. The van der Waals surface area contributed by atoms with E-state index in [1.165, 1.54) is 0 Å². The largest absolute Gasteiger partial charge is 0.497 e. The molecule has 3 aromatic carbocycles. The molecule has 36 heavy (non-hydrogen) atoms. The van der Waals surface area contributed by atoms with E-state index < -0.39 is 0 Å². The first-order chi connectivity index (χ1) is 17.7. The summed E-state index contributed by atoms with van der Waals surface area (Å²) in [7, 11) is 1.63. The Morgan fingerprint density at radius 3 is 2.33 bits per heavy atom. The SMILES string of the molecule is COc1ccc(-c2nn(Cc3ccccc3)cc2C(=O)NCc2ccccc2Cn2cccn2)cc1. The highest BCUT2D eigenvalue weighted by Crippen LogP contribution is 2.25. The molecule has 0 aliphatic carbocycles. The van der Waals surface area contributed by atoms with E-state index in [2.05, 4.69) is 16.5 Å². The van der Waals surface area contributed by atoms with Crippen molar-refractivity contribution in [3.63, 3.8) is 0 Å². The van der Waals surface area contributed by atoms with Crippen LogP contribution in [0.3, 0.4) is 0 Å². The first-order valence-corrected chi connectivity index (χ1v) is 11.8. The Morgan fingerprint density at radius 1 is 0.861 bits per heavy atom. The molecule has 2 heterocycles. The summed E-state index contributed by atoms with van der Waals surface area (Å²) in [6.07, 6.45) is 5.51. The van der Waals surface area contributed by atoms with Crippen molar-refractivity contribution in [2.24, 2.45) is 0 Å². The van der Waals surface area contributed by atoms with Gasteiger partial charge in [0, 0.05) is 30.7 Å². The van der Waals surface area contributed by atoms with Gasteiger partial charge in [0.05, 0.1) is 25.8 Å². The van der Waals surface area contributed by atoms with Crippen molar-refractivity contribution in [2.75, 3.05) is 7.11 Å². The van der Waals surface area contributed by atoms with Crippen LogP contribution in [0.5, 0.6) is 5.75 Å². The van der Waals surface area contributed by atoms with Gasteiger partial charge in [-0.1, -0.05) is 54.6 Å². The highest BCUT2D eigenvalue weighted by Gasteiger charge is 2.19. The molecule has 7 heteroatoms. The topological polar surface area (TPSA) is 74.0 Å². The van der Waals surface area contributed by atoms with Gasteiger partial charge in [-0.3, -0.25) is 14.2 Å². The Balaban J connectivity index is 1.39. The standard InChI is InChI=1S/C29H27N5O2/c1-36-26-14-12-23(13-15-26)28-27(21-34(32-28)19-22-8-3-2-4-9-22)29(35)30-18-24-10-5-6-11-25(24)20-33-17-7-16-31-33/h2-17,21H,18-20H2,1H3,(H,30,35). The summed E-state index contributed by atoms with van der Waals surface area (Å²) < 4.78 is 8.98. The van der Waals surface area contributed by atoms with E-state index in [0.717, 1.165) is 28.0 Å². The van der Waals surface area contributed by atoms with Gasteiger partial charge in [0.15, 0.2) is 0 Å². The van der Waals surface area contributed by atoms with Crippen molar-refractivity contribution in [2.45, 2.75) is 19.6 Å². The van der Waals surface area contributed by atoms with Crippen LogP contribution >= 0.6 is 0 Å². The third-order valence-electron chi connectivity index (χ3n) is 6.01. The maximum absolute atomic E-state index is 13.4. The van der Waals surface area contributed by atoms with Gasteiger partial charge in [-0.05, 0) is 47.0 Å². The molecule has 7 nitrogen and oxygen atoms in total. The van der Waals surface area contributed by atoms with Crippen LogP contribution in [0.1, 0.15) is 27.0 Å². The Hall–Kier alpha value is -4.65. The zero-order valence-corrected chi connectivity index (χ0v) is 20.0. The lowest BCUT2D eigenvalue weighted by atomic mass is 10.1. The van der Waals surface area contributed by atoms with Crippen LogP contribution in [0.2, 0.25) is 0 Å². The van der Waals surface area contributed by atoms with Gasteiger partial charge in [0.2, 0.25) is 0 Å². The Kier molecular flexibility index (Phi) is 6.89. The molecule has 0 radical (unpaired) electrons. The highest BCUT2D eigenvalue weighted by molar-refractivity contribution is 5.99. The normalized spacial score (nSPS) is 10.8. The van der Waals surface area contributed by atoms with E-state index in [4.69, 9.17) is 9.84 Å². The fourth-order valence-corrected chi connectivity index (χ4v) is 4.12. The van der Waals surface area contributed by atoms with E-state index in [9.17, 15) is 4.79 Å². The Bertz CT molecular complexity index is 1420. The zero-order chi connectivity index (χ0) is 24.7. The molecular weight excluding hydrogens is 450 g/mol. The molecule has 5 rings (SSSR count). The molecule has 5 aromatic rings. The third kappa shape index (κ3) is 5.36. The van der Waals surface area contributed by atoms with E-state index in [1.54, 1.807) is 13.3 Å². The van der Waals surface area contributed by atoms with Gasteiger partial charge in [0.1, 0.15) is 11.4 Å². The second-order valence-corrected chi connectivity index (χ2v) is 8.46. The van der Waals surface area contributed by atoms with Crippen molar-refractivity contribution in [1.29, 1.82) is 0 Å². The molecule has 0 aliphatic heterocycles. The molecule has 0 unspecified atom stereocenters. The zero-order valence-electron chi connectivity index (χ0n) is 20.0. The Morgan fingerprint density at radius 2 is 1.61 bits per heavy atom. The number of nitrogens with zero attached hydrogens (tertiary/aromatic N) is 4. The maximum Gasteiger partial charge on any atom is 0.255 e. The first-order valence-electron chi connectivity index (χ1n) is 11.8. The summed E-state index contributed by atoms with van der Waals surface area (Å²) in [6, 6.07) is 27.6. The summed E-state index contributed by atoms with van der Waals surface area (Å²) in [5, 5.41) is 12.2. The third-order valence-corrected chi connectivity index (χ3v) is 6.01. The average molecular weight is 478 g/mol. The minimum atomic E-state index is -0.172. The van der Waals surface area contributed by atoms with Gasteiger partial charge < -0.3 is 10.1 Å². The lowest BCUT2D eigenvalue weighted by molar-refractivity contribution is 0.0951. The number of hydrogen-bond donors (Lipinski definition) is 1. The van der Waals surface area contributed by atoms with Crippen molar-refractivity contribution < 1.29 is 9.53 Å². The van der Waals surface area contributed by atoms with Crippen LogP contribution in [0, 0.1) is 0 Å². The van der Waals surface area contributed by atoms with Crippen molar-refractivity contribution in [1.82, 2.24) is 24.9 Å². The maximum atomic E-state index is 13.4. The number of benzene rings is 3. The van der Waals surface area contributed by atoms with Gasteiger partial charge in [-0.2, -0.15) is 10.2 Å². The molecule has 180 valence electrons. The van der Waals surface area contributed by atoms with Gasteiger partial charge >= 0.3 is 0 Å². The molecule has 0 atom stereocenters. The van der Waals surface area contributed by atoms with E-state index in [0.29, 0.717) is 30.9 Å². The van der Waals surface area contributed by atoms with Crippen LogP contribution in [-0.4, -0.2) is 32.6 Å². The summed E-state index contributed by atoms with van der Waals surface area (Å²) >= 11 is 0. The molecule has 0 bridgehead atoms. The molecule has 0 fully saturated rings. The molecule has 0 saturated heterocycles. The predicted molar refractivity (Wildman–Crippen MR) is 139 cm³/mol. The number of aromatic nitrogens is 4. The summed E-state index contributed by atoms with van der Waals surface area (Å²) in [5.41, 5.74) is 5.28. The van der Waals surface area contributed by atoms with Gasteiger partial charge in [0.25, 0.3) is 5.91 Å². The van der Waals surface area contributed by atoms with Crippen LogP contribution < -0.4 is 10.1 Å². The summed E-state index contributed by atoms with van der Waals surface area (Å²) in [5.74, 6) is 0.580. The molecule has 0 spiro atoms. The minimum Gasteiger partial charge on any atom is -0.497 e. The lowest BCUT2D eigenvalue weighted by Crippen LogP contribution is -2.24. The number of carbonyl (C=O) groups is 1. The lowest BCUT2D eigenvalue weighted by Gasteiger charge is -2.11. The number of nitrogens with one attached hydrogen (secondary N) is 1. The number of hydrogen-bond acceptors (Lipinski definition) is 4. The molecule has 0 aliphatic rings. The number of methoxy groups -OCH3 is 1. The van der Waals surface area contributed by atoms with Crippen molar-refractivity contribution >= 4 is 5.91 Å². The predicted octanol–water partition coefficient (Wildman–Crippen LogP) is 4.78. The monoisotopic (exact) mass is 477 g/mol.